The van der Waals surface area contributed by atoms with Gasteiger partial charge in [-0.05, 0) is 20.8 Å². The van der Waals surface area contributed by atoms with Crippen molar-refractivity contribution in [2.45, 2.75) is 32.4 Å². The van der Waals surface area contributed by atoms with Gasteiger partial charge in [-0.15, -0.1) is 0 Å². The molecule has 0 fully saturated rings. The molecule has 2 N–H and O–H groups in total. The second-order valence-electron chi connectivity index (χ2n) is 4.40. The third kappa shape index (κ3) is 6.08. The number of rotatable bonds is 4. The number of alkyl carbamates (subject to hydrolysis) is 1. The van der Waals surface area contributed by atoms with Gasteiger partial charge in [0.1, 0.15) is 11.6 Å². The van der Waals surface area contributed by atoms with Crippen molar-refractivity contribution in [3.8, 4) is 0 Å². The number of hydroxylamine groups is 2. The zero-order valence-corrected chi connectivity index (χ0v) is 10.8. The Morgan fingerprint density at radius 2 is 1.94 bits per heavy atom. The highest BCUT2D eigenvalue weighted by atomic mass is 16.7. The maximum Gasteiger partial charge on any atom is 0.408 e. The van der Waals surface area contributed by atoms with E-state index in [1.807, 2.05) is 0 Å². The summed E-state index contributed by atoms with van der Waals surface area (Å²) < 4.78 is 4.96. The maximum atomic E-state index is 11.6. The van der Waals surface area contributed by atoms with E-state index < -0.39 is 30.3 Å². The normalized spacial score (nSPS) is 12.8. The summed E-state index contributed by atoms with van der Waals surface area (Å²) in [7, 11) is 2.68. The van der Waals surface area contributed by atoms with Crippen LogP contribution in [0.25, 0.3) is 0 Å². The molecular weight excluding hydrogens is 228 g/mol. The fourth-order valence-corrected chi connectivity index (χ4v) is 0.945. The van der Waals surface area contributed by atoms with E-state index in [0.717, 1.165) is 5.06 Å². The summed E-state index contributed by atoms with van der Waals surface area (Å²) in [5, 5.41) is 12.2. The van der Waals surface area contributed by atoms with Crippen LogP contribution in [0.3, 0.4) is 0 Å². The quantitative estimate of drug-likeness (QED) is 0.678. The van der Waals surface area contributed by atoms with E-state index in [-0.39, 0.29) is 0 Å². The van der Waals surface area contributed by atoms with Gasteiger partial charge in [-0.2, -0.15) is 0 Å². The van der Waals surface area contributed by atoms with E-state index in [2.05, 4.69) is 10.2 Å². The number of nitrogens with one attached hydrogen (secondary N) is 1. The smallest absolute Gasteiger partial charge is 0.408 e. The third-order valence-corrected chi connectivity index (χ3v) is 1.76. The number of hydrogen-bond donors (Lipinski definition) is 2. The van der Waals surface area contributed by atoms with Crippen molar-refractivity contribution < 1.29 is 24.3 Å². The van der Waals surface area contributed by atoms with E-state index in [1.165, 1.54) is 14.2 Å². The molecule has 100 valence electrons. The van der Waals surface area contributed by atoms with Crippen molar-refractivity contribution in [2.24, 2.45) is 0 Å². The lowest BCUT2D eigenvalue weighted by molar-refractivity contribution is -0.171. The van der Waals surface area contributed by atoms with Crippen molar-refractivity contribution in [3.05, 3.63) is 0 Å². The molecule has 1 atom stereocenters. The van der Waals surface area contributed by atoms with Crippen molar-refractivity contribution in [1.82, 2.24) is 10.4 Å². The van der Waals surface area contributed by atoms with Crippen molar-refractivity contribution in [2.75, 3.05) is 20.8 Å². The molecule has 0 aliphatic rings. The standard InChI is InChI=1S/C10H20N2O5/c1-10(2,3)17-9(15)11-7(6-13)8(14)12(4)16-5/h7,13H,6H2,1-5H3,(H,11,15)/t7-/m1/s1. The molecule has 0 bridgehead atoms. The van der Waals surface area contributed by atoms with Gasteiger partial charge in [-0.1, -0.05) is 0 Å². The van der Waals surface area contributed by atoms with Crippen molar-refractivity contribution in [1.29, 1.82) is 0 Å². The summed E-state index contributed by atoms with van der Waals surface area (Å²) >= 11 is 0. The Balaban J connectivity index is 4.41. The fraction of sp³-hybridized carbons (Fsp3) is 0.800. The minimum atomic E-state index is -1.09. The Morgan fingerprint density at radius 1 is 1.41 bits per heavy atom. The molecule has 0 saturated carbocycles. The fourth-order valence-electron chi connectivity index (χ4n) is 0.945. The molecule has 0 aliphatic carbocycles. The van der Waals surface area contributed by atoms with Gasteiger partial charge in [-0.3, -0.25) is 9.63 Å². The van der Waals surface area contributed by atoms with Gasteiger partial charge < -0.3 is 15.2 Å². The average Bonchev–Trinajstić information content (AvgIpc) is 2.21. The van der Waals surface area contributed by atoms with Crippen LogP contribution >= 0.6 is 0 Å². The van der Waals surface area contributed by atoms with Gasteiger partial charge in [-0.25, -0.2) is 9.86 Å². The largest absolute Gasteiger partial charge is 0.444 e. The number of likely N-dealkylation sites (N-methyl/N-ethyl adjacent to an activating group) is 1. The van der Waals surface area contributed by atoms with Crippen molar-refractivity contribution in [3.63, 3.8) is 0 Å². The molecule has 0 aliphatic heterocycles. The summed E-state index contributed by atoms with van der Waals surface area (Å²) in [6.07, 6.45) is -0.769. The highest BCUT2D eigenvalue weighted by Gasteiger charge is 2.26. The highest BCUT2D eigenvalue weighted by Crippen LogP contribution is 2.07. The number of amides is 2. The molecule has 0 aromatic rings. The van der Waals surface area contributed by atoms with Crippen LogP contribution in [-0.4, -0.2) is 54.6 Å². The molecule has 0 rings (SSSR count). The predicted octanol–water partition coefficient (Wildman–Crippen LogP) is -0.108. The number of ether oxygens (including phenoxy) is 1. The number of nitrogens with zero attached hydrogens (tertiary/aromatic N) is 1. The van der Waals surface area contributed by atoms with Crippen LogP contribution in [0.5, 0.6) is 0 Å². The molecule has 0 aromatic heterocycles. The average molecular weight is 248 g/mol. The molecular formula is C10H20N2O5. The lowest BCUT2D eigenvalue weighted by atomic mass is 10.2. The van der Waals surface area contributed by atoms with E-state index >= 15 is 0 Å². The molecule has 2 amide bonds. The number of hydrogen-bond acceptors (Lipinski definition) is 5. The summed E-state index contributed by atoms with van der Waals surface area (Å²) in [4.78, 5) is 27.6. The van der Waals surface area contributed by atoms with Crippen LogP contribution in [0, 0.1) is 0 Å². The molecule has 0 aromatic carbocycles. The molecule has 0 spiro atoms. The van der Waals surface area contributed by atoms with Gasteiger partial charge in [0.05, 0.1) is 13.7 Å². The van der Waals surface area contributed by atoms with Crippen LogP contribution in [0.15, 0.2) is 0 Å². The maximum absolute atomic E-state index is 11.6. The van der Waals surface area contributed by atoms with E-state index in [9.17, 15) is 9.59 Å². The van der Waals surface area contributed by atoms with Crippen LogP contribution in [0.2, 0.25) is 0 Å². The second-order valence-corrected chi connectivity index (χ2v) is 4.40. The number of aliphatic hydroxyl groups excluding tert-OH is 1. The Hall–Kier alpha value is -1.34. The zero-order valence-electron chi connectivity index (χ0n) is 10.8. The third-order valence-electron chi connectivity index (χ3n) is 1.76. The molecule has 17 heavy (non-hydrogen) atoms. The van der Waals surface area contributed by atoms with Crippen LogP contribution in [0.4, 0.5) is 4.79 Å². The number of aliphatic hydroxyl groups is 1. The Kier molecular flexibility index (Phi) is 5.90. The van der Waals surface area contributed by atoms with Crippen LogP contribution in [0.1, 0.15) is 20.8 Å². The van der Waals surface area contributed by atoms with E-state index in [0.29, 0.717) is 0 Å². The minimum Gasteiger partial charge on any atom is -0.444 e. The first-order valence-corrected chi connectivity index (χ1v) is 5.13. The first kappa shape index (κ1) is 15.7. The van der Waals surface area contributed by atoms with Crippen LogP contribution in [-0.2, 0) is 14.4 Å². The summed E-state index contributed by atoms with van der Waals surface area (Å²) in [5.41, 5.74) is -0.666. The van der Waals surface area contributed by atoms with Gasteiger partial charge in [0.2, 0.25) is 0 Å². The lowest BCUT2D eigenvalue weighted by Gasteiger charge is -2.24. The van der Waals surface area contributed by atoms with Gasteiger partial charge >= 0.3 is 6.09 Å². The topological polar surface area (TPSA) is 88.1 Å². The van der Waals surface area contributed by atoms with Gasteiger partial charge in [0, 0.05) is 7.05 Å². The van der Waals surface area contributed by atoms with Gasteiger partial charge in [0.15, 0.2) is 0 Å². The molecule has 0 saturated heterocycles. The van der Waals surface area contributed by atoms with E-state index in [4.69, 9.17) is 9.84 Å². The lowest BCUT2D eigenvalue weighted by Crippen LogP contribution is -2.50. The zero-order chi connectivity index (χ0) is 13.6. The Labute approximate surface area is 101 Å². The number of carbonyl (C=O) groups excluding carboxylic acids is 2. The molecule has 0 heterocycles. The Morgan fingerprint density at radius 3 is 2.29 bits per heavy atom. The second kappa shape index (κ2) is 6.41. The highest BCUT2D eigenvalue weighted by molar-refractivity contribution is 5.85. The minimum absolute atomic E-state index is 0.536. The SMILES string of the molecule is CON(C)C(=O)[C@@H](CO)NC(=O)OC(C)(C)C. The predicted molar refractivity (Wildman–Crippen MR) is 60.0 cm³/mol. The Bertz CT molecular complexity index is 274. The molecule has 0 radical (unpaired) electrons. The number of carbonyl (C=O) groups is 2. The van der Waals surface area contributed by atoms with Crippen molar-refractivity contribution >= 4 is 12.0 Å². The first-order valence-electron chi connectivity index (χ1n) is 5.13. The summed E-state index contributed by atoms with van der Waals surface area (Å²) in [6.45, 7) is 4.56. The summed E-state index contributed by atoms with van der Waals surface area (Å²) in [5.74, 6) is -0.569. The summed E-state index contributed by atoms with van der Waals surface area (Å²) in [6, 6.07) is -1.09. The monoisotopic (exact) mass is 248 g/mol. The molecule has 7 heteroatoms. The molecule has 0 unspecified atom stereocenters. The van der Waals surface area contributed by atoms with E-state index in [1.54, 1.807) is 20.8 Å². The molecule has 7 nitrogen and oxygen atoms in total. The van der Waals surface area contributed by atoms with Gasteiger partial charge in [0.25, 0.3) is 5.91 Å². The van der Waals surface area contributed by atoms with Crippen LogP contribution < -0.4 is 5.32 Å². The first-order chi connectivity index (χ1) is 7.71.